The lowest BCUT2D eigenvalue weighted by atomic mass is 10.1. The fourth-order valence-electron chi connectivity index (χ4n) is 1.60. The van der Waals surface area contributed by atoms with Gasteiger partial charge in [0, 0.05) is 5.56 Å². The lowest BCUT2D eigenvalue weighted by Crippen LogP contribution is -2.40. The van der Waals surface area contributed by atoms with Gasteiger partial charge in [0.2, 0.25) is 0 Å². The van der Waals surface area contributed by atoms with E-state index in [1.54, 1.807) is 0 Å². The molecule has 2 N–H and O–H groups in total. The maximum atomic E-state index is 11.9. The van der Waals surface area contributed by atoms with E-state index in [0.717, 1.165) is 12.8 Å². The standard InChI is InChI=1S/C14H16N2O3/c1-2-3-4-12(14(18)19)16-13(17)11-7-5-10(9-15)6-8-11/h5-8,12H,2-4H2,1H3,(H,16,17)(H,18,19)/t12-/m0/s1. The molecule has 1 aromatic carbocycles. The molecule has 100 valence electrons. The zero-order chi connectivity index (χ0) is 14.3. The Labute approximate surface area is 111 Å². The Bertz CT molecular complexity index is 488. The van der Waals surface area contributed by atoms with Crippen LogP contribution >= 0.6 is 0 Å². The Morgan fingerprint density at radius 2 is 2.00 bits per heavy atom. The highest BCUT2D eigenvalue weighted by atomic mass is 16.4. The predicted octanol–water partition coefficient (Wildman–Crippen LogP) is 1.93. The highest BCUT2D eigenvalue weighted by molar-refractivity contribution is 5.96. The van der Waals surface area contributed by atoms with Crippen LogP contribution in [-0.4, -0.2) is 23.0 Å². The Kier molecular flexibility index (Phi) is 5.55. The Balaban J connectivity index is 2.70. The van der Waals surface area contributed by atoms with Gasteiger partial charge in [-0.15, -0.1) is 0 Å². The molecule has 1 amide bonds. The third-order valence-electron chi connectivity index (χ3n) is 2.73. The van der Waals surface area contributed by atoms with Crippen LogP contribution in [0.25, 0.3) is 0 Å². The van der Waals surface area contributed by atoms with E-state index < -0.39 is 17.9 Å². The highest BCUT2D eigenvalue weighted by Crippen LogP contribution is 2.06. The molecule has 0 heterocycles. The number of carbonyl (C=O) groups is 2. The van der Waals surface area contributed by atoms with Gasteiger partial charge in [-0.3, -0.25) is 4.79 Å². The first kappa shape index (κ1) is 14.7. The van der Waals surface area contributed by atoms with Gasteiger partial charge in [0.15, 0.2) is 0 Å². The molecule has 0 fully saturated rings. The number of benzene rings is 1. The molecule has 0 bridgehead atoms. The number of aliphatic carboxylic acids is 1. The number of nitriles is 1. The molecule has 1 atom stereocenters. The summed E-state index contributed by atoms with van der Waals surface area (Å²) in [5.41, 5.74) is 0.805. The fraction of sp³-hybridized carbons (Fsp3) is 0.357. The van der Waals surface area contributed by atoms with Crippen molar-refractivity contribution >= 4 is 11.9 Å². The first-order valence-electron chi connectivity index (χ1n) is 6.12. The zero-order valence-electron chi connectivity index (χ0n) is 10.7. The van der Waals surface area contributed by atoms with Crippen LogP contribution in [0.3, 0.4) is 0 Å². The summed E-state index contributed by atoms with van der Waals surface area (Å²) in [5.74, 6) is -1.47. The van der Waals surface area contributed by atoms with E-state index in [9.17, 15) is 9.59 Å². The van der Waals surface area contributed by atoms with E-state index >= 15 is 0 Å². The molecule has 0 aliphatic heterocycles. The molecule has 0 aliphatic carbocycles. The van der Waals surface area contributed by atoms with E-state index in [-0.39, 0.29) is 0 Å². The first-order chi connectivity index (χ1) is 9.08. The van der Waals surface area contributed by atoms with Crippen molar-refractivity contribution in [3.05, 3.63) is 35.4 Å². The molecule has 1 aromatic rings. The summed E-state index contributed by atoms with van der Waals surface area (Å²) in [6.07, 6.45) is 2.02. The predicted molar refractivity (Wildman–Crippen MR) is 69.6 cm³/mol. The van der Waals surface area contributed by atoms with Crippen LogP contribution in [0.1, 0.15) is 42.1 Å². The van der Waals surface area contributed by atoms with Gasteiger partial charge in [-0.05, 0) is 30.7 Å². The number of amides is 1. The minimum absolute atomic E-state index is 0.349. The smallest absolute Gasteiger partial charge is 0.326 e. The van der Waals surface area contributed by atoms with Crippen molar-refractivity contribution in [2.45, 2.75) is 32.2 Å². The number of unbranched alkanes of at least 4 members (excludes halogenated alkanes) is 1. The SMILES string of the molecule is CCCC[C@H](NC(=O)c1ccc(C#N)cc1)C(=O)O. The van der Waals surface area contributed by atoms with E-state index in [0.29, 0.717) is 17.5 Å². The Morgan fingerprint density at radius 1 is 1.37 bits per heavy atom. The largest absolute Gasteiger partial charge is 0.480 e. The number of hydrogen-bond acceptors (Lipinski definition) is 3. The van der Waals surface area contributed by atoms with Crippen LogP contribution < -0.4 is 5.32 Å². The molecule has 0 spiro atoms. The molecular weight excluding hydrogens is 244 g/mol. The molecule has 5 heteroatoms. The van der Waals surface area contributed by atoms with Crippen molar-refractivity contribution in [2.24, 2.45) is 0 Å². The molecular formula is C14H16N2O3. The minimum atomic E-state index is -1.03. The van der Waals surface area contributed by atoms with Crippen molar-refractivity contribution in [2.75, 3.05) is 0 Å². The van der Waals surface area contributed by atoms with Gasteiger partial charge in [0.1, 0.15) is 6.04 Å². The Hall–Kier alpha value is -2.35. The monoisotopic (exact) mass is 260 g/mol. The summed E-state index contributed by atoms with van der Waals surface area (Å²) < 4.78 is 0. The number of hydrogen-bond donors (Lipinski definition) is 2. The summed E-state index contributed by atoms with van der Waals surface area (Å²) in [5, 5.41) is 20.2. The summed E-state index contributed by atoms with van der Waals surface area (Å²) in [4.78, 5) is 22.9. The molecule has 0 radical (unpaired) electrons. The average Bonchev–Trinajstić information content (AvgIpc) is 2.43. The highest BCUT2D eigenvalue weighted by Gasteiger charge is 2.19. The molecule has 0 unspecified atom stereocenters. The number of nitrogens with one attached hydrogen (secondary N) is 1. The van der Waals surface area contributed by atoms with Crippen molar-refractivity contribution in [1.82, 2.24) is 5.32 Å². The summed E-state index contributed by atoms with van der Waals surface area (Å²) in [6.45, 7) is 1.96. The number of carboxylic acid groups (broad SMARTS) is 1. The van der Waals surface area contributed by atoms with E-state index in [1.807, 2.05) is 13.0 Å². The molecule has 0 aromatic heterocycles. The van der Waals surface area contributed by atoms with Crippen LogP contribution in [-0.2, 0) is 4.79 Å². The second-order valence-corrected chi connectivity index (χ2v) is 4.20. The van der Waals surface area contributed by atoms with Gasteiger partial charge < -0.3 is 10.4 Å². The number of carboxylic acids is 1. The quantitative estimate of drug-likeness (QED) is 0.817. The zero-order valence-corrected chi connectivity index (χ0v) is 10.7. The lowest BCUT2D eigenvalue weighted by Gasteiger charge is -2.14. The second-order valence-electron chi connectivity index (χ2n) is 4.20. The van der Waals surface area contributed by atoms with Crippen molar-refractivity contribution < 1.29 is 14.7 Å². The van der Waals surface area contributed by atoms with E-state index in [1.165, 1.54) is 24.3 Å². The van der Waals surface area contributed by atoms with Crippen LogP contribution in [0.15, 0.2) is 24.3 Å². The van der Waals surface area contributed by atoms with E-state index in [4.69, 9.17) is 10.4 Å². The molecule has 1 rings (SSSR count). The Morgan fingerprint density at radius 3 is 2.47 bits per heavy atom. The number of nitrogens with zero attached hydrogens (tertiary/aromatic N) is 1. The van der Waals surface area contributed by atoms with Gasteiger partial charge >= 0.3 is 5.97 Å². The summed E-state index contributed by atoms with van der Waals surface area (Å²) >= 11 is 0. The maximum Gasteiger partial charge on any atom is 0.326 e. The normalized spacial score (nSPS) is 11.4. The van der Waals surface area contributed by atoms with Crippen LogP contribution in [0.5, 0.6) is 0 Å². The number of carbonyl (C=O) groups excluding carboxylic acids is 1. The van der Waals surface area contributed by atoms with Gasteiger partial charge in [-0.1, -0.05) is 19.8 Å². The van der Waals surface area contributed by atoms with Crippen LogP contribution in [0.4, 0.5) is 0 Å². The van der Waals surface area contributed by atoms with E-state index in [2.05, 4.69) is 5.32 Å². The first-order valence-corrected chi connectivity index (χ1v) is 6.12. The molecule has 0 saturated heterocycles. The maximum absolute atomic E-state index is 11.9. The molecule has 0 aliphatic rings. The molecule has 0 saturated carbocycles. The topological polar surface area (TPSA) is 90.2 Å². The van der Waals surface area contributed by atoms with Crippen LogP contribution in [0.2, 0.25) is 0 Å². The van der Waals surface area contributed by atoms with Crippen molar-refractivity contribution in [3.63, 3.8) is 0 Å². The lowest BCUT2D eigenvalue weighted by molar-refractivity contribution is -0.139. The second kappa shape index (κ2) is 7.17. The number of rotatable bonds is 6. The third-order valence-corrected chi connectivity index (χ3v) is 2.73. The fourth-order valence-corrected chi connectivity index (χ4v) is 1.60. The van der Waals surface area contributed by atoms with Gasteiger partial charge in [-0.25, -0.2) is 4.79 Å². The van der Waals surface area contributed by atoms with Gasteiger partial charge in [0.25, 0.3) is 5.91 Å². The summed E-state index contributed by atoms with van der Waals surface area (Å²) in [7, 11) is 0. The van der Waals surface area contributed by atoms with Gasteiger partial charge in [0.05, 0.1) is 11.6 Å². The molecule has 5 nitrogen and oxygen atoms in total. The average molecular weight is 260 g/mol. The third kappa shape index (κ3) is 4.43. The minimum Gasteiger partial charge on any atom is -0.480 e. The summed E-state index contributed by atoms with van der Waals surface area (Å²) in [6, 6.07) is 7.14. The van der Waals surface area contributed by atoms with Crippen molar-refractivity contribution in [3.8, 4) is 6.07 Å². The van der Waals surface area contributed by atoms with Crippen LogP contribution in [0, 0.1) is 11.3 Å². The molecule has 19 heavy (non-hydrogen) atoms. The van der Waals surface area contributed by atoms with Crippen molar-refractivity contribution in [1.29, 1.82) is 5.26 Å². The van der Waals surface area contributed by atoms with Gasteiger partial charge in [-0.2, -0.15) is 5.26 Å².